The molecule has 0 aliphatic heterocycles. The van der Waals surface area contributed by atoms with Crippen molar-refractivity contribution in [3.63, 3.8) is 0 Å². The summed E-state index contributed by atoms with van der Waals surface area (Å²) in [4.78, 5) is 15.0. The summed E-state index contributed by atoms with van der Waals surface area (Å²) in [5.74, 6) is 5.57. The number of nitrogens with one attached hydrogen (secondary N) is 1. The number of aliphatic hydroxyl groups excluding tert-OH is 1. The van der Waals surface area contributed by atoms with E-state index in [0.717, 1.165) is 24.0 Å². The highest BCUT2D eigenvalue weighted by molar-refractivity contribution is 5.92. The van der Waals surface area contributed by atoms with Crippen molar-refractivity contribution in [2.75, 3.05) is 13.2 Å². The number of rotatable bonds is 5. The predicted octanol–water partition coefficient (Wildman–Crippen LogP) is 2.50. The zero-order chi connectivity index (χ0) is 18.4. The zero-order valence-electron chi connectivity index (χ0n) is 13.9. The van der Waals surface area contributed by atoms with Crippen LogP contribution in [0.2, 0.25) is 0 Å². The van der Waals surface area contributed by atoms with E-state index in [1.807, 2.05) is 24.3 Å². The summed E-state index contributed by atoms with van der Waals surface area (Å²) in [5.41, 5.74) is 10.4. The minimum Gasteiger partial charge on any atom is -0.384 e. The highest BCUT2D eigenvalue weighted by Crippen LogP contribution is 2.28. The van der Waals surface area contributed by atoms with Gasteiger partial charge in [-0.2, -0.15) is 0 Å². The van der Waals surface area contributed by atoms with Crippen LogP contribution in [0.4, 0.5) is 0 Å². The van der Waals surface area contributed by atoms with Crippen LogP contribution in [0.1, 0.15) is 29.0 Å². The first-order chi connectivity index (χ1) is 12.7. The van der Waals surface area contributed by atoms with Crippen LogP contribution in [-0.2, 0) is 0 Å². The molecule has 2 aromatic rings. The fourth-order valence-corrected chi connectivity index (χ4v) is 2.83. The molecule has 2 N–H and O–H groups in total. The molecule has 8 heteroatoms. The van der Waals surface area contributed by atoms with Gasteiger partial charge in [-0.1, -0.05) is 34.2 Å². The third kappa shape index (κ3) is 4.22. The highest BCUT2D eigenvalue weighted by atomic mass is 16.5. The van der Waals surface area contributed by atoms with Gasteiger partial charge in [0.25, 0.3) is 5.91 Å². The van der Waals surface area contributed by atoms with E-state index in [-0.39, 0.29) is 24.3 Å². The second kappa shape index (κ2) is 8.21. The number of carbonyl (C=O) groups is 1. The lowest BCUT2D eigenvalue weighted by molar-refractivity contribution is 0.0855. The number of aromatic nitrogens is 1. The lowest BCUT2D eigenvalue weighted by atomic mass is 9.80. The minimum absolute atomic E-state index is 0.0621. The maximum atomic E-state index is 12.2. The van der Waals surface area contributed by atoms with E-state index in [2.05, 4.69) is 32.3 Å². The van der Waals surface area contributed by atoms with Gasteiger partial charge in [0.1, 0.15) is 12.3 Å². The Morgan fingerprint density at radius 1 is 1.46 bits per heavy atom. The highest BCUT2D eigenvalue weighted by Gasteiger charge is 2.30. The van der Waals surface area contributed by atoms with Crippen LogP contribution in [0.3, 0.4) is 0 Å². The third-order valence-electron chi connectivity index (χ3n) is 4.18. The van der Waals surface area contributed by atoms with Crippen molar-refractivity contribution in [1.29, 1.82) is 0 Å². The molecule has 8 nitrogen and oxygen atoms in total. The maximum absolute atomic E-state index is 12.2. The molecule has 26 heavy (non-hydrogen) atoms. The largest absolute Gasteiger partial charge is 0.384 e. The molecule has 0 saturated heterocycles. The van der Waals surface area contributed by atoms with Gasteiger partial charge in [-0.15, -0.1) is 0 Å². The van der Waals surface area contributed by atoms with Crippen LogP contribution < -0.4 is 5.32 Å². The smallest absolute Gasteiger partial charge is 0.290 e. The van der Waals surface area contributed by atoms with Crippen molar-refractivity contribution in [2.45, 2.75) is 18.9 Å². The summed E-state index contributed by atoms with van der Waals surface area (Å²) < 4.78 is 5.16. The molecule has 0 unspecified atom stereocenters. The predicted molar refractivity (Wildman–Crippen MR) is 93.9 cm³/mol. The van der Waals surface area contributed by atoms with E-state index in [4.69, 9.17) is 15.2 Å². The SMILES string of the molecule is [N-]=[N+]=NCC1CC(NC(=O)c2cc(-c3cccc(C#CCO)c3)no2)C1. The number of benzene rings is 1. The Bertz CT molecular complexity index is 899. The summed E-state index contributed by atoms with van der Waals surface area (Å²) in [7, 11) is 0. The number of aliphatic hydroxyl groups is 1. The third-order valence-corrected chi connectivity index (χ3v) is 4.18. The first-order valence-electron chi connectivity index (χ1n) is 8.18. The van der Waals surface area contributed by atoms with Crippen molar-refractivity contribution in [3.05, 3.63) is 52.1 Å². The van der Waals surface area contributed by atoms with Gasteiger partial charge >= 0.3 is 0 Å². The van der Waals surface area contributed by atoms with E-state index >= 15 is 0 Å². The summed E-state index contributed by atoms with van der Waals surface area (Å²) in [6.07, 6.45) is 1.58. The molecule has 1 aromatic carbocycles. The second-order valence-corrected chi connectivity index (χ2v) is 6.04. The molecule has 1 aromatic heterocycles. The van der Waals surface area contributed by atoms with Crippen LogP contribution in [0.25, 0.3) is 21.7 Å². The Kier molecular flexibility index (Phi) is 5.54. The standard InChI is InChI=1S/C18H17N5O3/c19-23-20-11-13-8-15(9-13)21-18(25)17-10-16(22-26-17)14-5-1-3-12(7-14)4-2-6-24/h1,3,5,7,10,13,15,24H,6,8-9,11H2,(H,21,25). The first kappa shape index (κ1) is 17.5. The van der Waals surface area contributed by atoms with Gasteiger partial charge in [-0.3, -0.25) is 4.79 Å². The Labute approximate surface area is 149 Å². The van der Waals surface area contributed by atoms with Crippen molar-refractivity contribution in [1.82, 2.24) is 10.5 Å². The number of hydrogen-bond donors (Lipinski definition) is 2. The number of carbonyl (C=O) groups excluding carboxylic acids is 1. The van der Waals surface area contributed by atoms with Crippen LogP contribution in [0.15, 0.2) is 40.0 Å². The fourth-order valence-electron chi connectivity index (χ4n) is 2.83. The molecule has 3 rings (SSSR count). The average molecular weight is 351 g/mol. The van der Waals surface area contributed by atoms with Crippen LogP contribution in [-0.4, -0.2) is 35.4 Å². The molecular formula is C18H17N5O3. The lowest BCUT2D eigenvalue weighted by Crippen LogP contribution is -2.45. The van der Waals surface area contributed by atoms with E-state index in [1.54, 1.807) is 6.07 Å². The lowest BCUT2D eigenvalue weighted by Gasteiger charge is -2.34. The normalized spacial score (nSPS) is 18.0. The zero-order valence-corrected chi connectivity index (χ0v) is 13.9. The molecule has 1 amide bonds. The Balaban J connectivity index is 1.61. The topological polar surface area (TPSA) is 124 Å². The van der Waals surface area contributed by atoms with E-state index in [1.165, 1.54) is 0 Å². The maximum Gasteiger partial charge on any atom is 0.290 e. The van der Waals surface area contributed by atoms with Gasteiger partial charge in [0.2, 0.25) is 5.76 Å². The van der Waals surface area contributed by atoms with Gasteiger partial charge in [0, 0.05) is 34.7 Å². The Morgan fingerprint density at radius 2 is 2.31 bits per heavy atom. The van der Waals surface area contributed by atoms with Crippen molar-refractivity contribution in [2.24, 2.45) is 11.0 Å². The van der Waals surface area contributed by atoms with E-state index in [9.17, 15) is 4.79 Å². The molecule has 1 fully saturated rings. The fraction of sp³-hybridized carbons (Fsp3) is 0.333. The molecule has 0 bridgehead atoms. The van der Waals surface area contributed by atoms with E-state index < -0.39 is 0 Å². The molecule has 1 heterocycles. The minimum atomic E-state index is -0.313. The Morgan fingerprint density at radius 3 is 3.08 bits per heavy atom. The number of azide groups is 1. The summed E-state index contributed by atoms with van der Waals surface area (Å²) in [6.45, 7) is 0.258. The molecule has 0 radical (unpaired) electrons. The van der Waals surface area contributed by atoms with Crippen molar-refractivity contribution >= 4 is 5.91 Å². The quantitative estimate of drug-likeness (QED) is 0.371. The van der Waals surface area contributed by atoms with E-state index in [0.29, 0.717) is 18.2 Å². The molecule has 132 valence electrons. The molecule has 0 spiro atoms. The second-order valence-electron chi connectivity index (χ2n) is 6.04. The molecule has 1 saturated carbocycles. The van der Waals surface area contributed by atoms with Crippen molar-refractivity contribution < 1.29 is 14.4 Å². The van der Waals surface area contributed by atoms with Gasteiger partial charge < -0.3 is 14.9 Å². The molecule has 1 aliphatic carbocycles. The molecule has 0 atom stereocenters. The van der Waals surface area contributed by atoms with Crippen molar-refractivity contribution in [3.8, 4) is 23.1 Å². The number of amides is 1. The van der Waals surface area contributed by atoms with Crippen LogP contribution >= 0.6 is 0 Å². The Hall–Kier alpha value is -3.27. The number of nitrogens with zero attached hydrogens (tertiary/aromatic N) is 4. The average Bonchev–Trinajstić information content (AvgIpc) is 3.12. The molecular weight excluding hydrogens is 334 g/mol. The van der Waals surface area contributed by atoms with Crippen LogP contribution in [0.5, 0.6) is 0 Å². The van der Waals surface area contributed by atoms with Gasteiger partial charge in [0.05, 0.1) is 0 Å². The van der Waals surface area contributed by atoms with Crippen LogP contribution in [0, 0.1) is 17.8 Å². The summed E-state index contributed by atoms with van der Waals surface area (Å²) >= 11 is 0. The molecule has 1 aliphatic rings. The van der Waals surface area contributed by atoms with Gasteiger partial charge in [0.15, 0.2) is 0 Å². The summed E-state index contributed by atoms with van der Waals surface area (Å²) in [5, 5.41) is 19.1. The van der Waals surface area contributed by atoms with Gasteiger partial charge in [-0.05, 0) is 36.4 Å². The number of hydrogen-bond acceptors (Lipinski definition) is 5. The summed E-state index contributed by atoms with van der Waals surface area (Å²) in [6, 6.07) is 8.95. The van der Waals surface area contributed by atoms with Gasteiger partial charge in [-0.25, -0.2) is 0 Å². The monoisotopic (exact) mass is 351 g/mol. The first-order valence-corrected chi connectivity index (χ1v) is 8.18.